The van der Waals surface area contributed by atoms with Crippen LogP contribution in [0.3, 0.4) is 0 Å². The third-order valence-corrected chi connectivity index (χ3v) is 4.00. The van der Waals surface area contributed by atoms with Gasteiger partial charge in [0.05, 0.1) is 18.9 Å². The third-order valence-electron chi connectivity index (χ3n) is 4.00. The van der Waals surface area contributed by atoms with Gasteiger partial charge in [-0.25, -0.2) is 5.01 Å². The minimum atomic E-state index is -0.0557. The lowest BCUT2D eigenvalue weighted by Crippen LogP contribution is -2.29. The monoisotopic (exact) mass is 320 g/mol. The molecule has 1 amide bonds. The van der Waals surface area contributed by atoms with Crippen LogP contribution in [-0.2, 0) is 4.79 Å². The molecule has 1 heterocycles. The summed E-state index contributed by atoms with van der Waals surface area (Å²) >= 11 is 0. The molecule has 0 N–H and O–H groups in total. The first-order valence-corrected chi connectivity index (χ1v) is 7.92. The first kappa shape index (κ1) is 16.0. The van der Waals surface area contributed by atoms with E-state index in [-0.39, 0.29) is 11.9 Å². The Bertz CT molecular complexity index is 764. The van der Waals surface area contributed by atoms with Crippen molar-refractivity contribution in [2.75, 3.05) is 7.11 Å². The van der Waals surface area contributed by atoms with Crippen molar-refractivity contribution in [3.8, 4) is 5.75 Å². The van der Waals surface area contributed by atoms with Gasteiger partial charge >= 0.3 is 0 Å². The molecule has 2 aromatic rings. The number of hydrazone groups is 1. The van der Waals surface area contributed by atoms with Gasteiger partial charge in [-0.15, -0.1) is 0 Å². The fourth-order valence-corrected chi connectivity index (χ4v) is 2.73. The molecule has 1 atom stereocenters. The lowest BCUT2D eigenvalue weighted by molar-refractivity contribution is -0.129. The molecule has 0 spiro atoms. The molecule has 2 aromatic carbocycles. The first-order valence-electron chi connectivity index (χ1n) is 7.92. The Kier molecular flexibility index (Phi) is 4.75. The van der Waals surface area contributed by atoms with Crippen molar-refractivity contribution in [1.29, 1.82) is 0 Å². The normalized spacial score (nSPS) is 17.2. The fourth-order valence-electron chi connectivity index (χ4n) is 2.73. The molecule has 4 heteroatoms. The van der Waals surface area contributed by atoms with Gasteiger partial charge in [0.15, 0.2) is 0 Å². The van der Waals surface area contributed by atoms with Crippen molar-refractivity contribution in [3.05, 3.63) is 71.8 Å². The van der Waals surface area contributed by atoms with Crippen LogP contribution in [0.25, 0.3) is 6.08 Å². The Morgan fingerprint density at radius 2 is 1.88 bits per heavy atom. The second kappa shape index (κ2) is 7.13. The Labute approximate surface area is 142 Å². The molecule has 0 aromatic heterocycles. The average molecular weight is 320 g/mol. The van der Waals surface area contributed by atoms with E-state index in [4.69, 9.17) is 4.74 Å². The molecule has 0 aliphatic carbocycles. The predicted molar refractivity (Wildman–Crippen MR) is 95.9 cm³/mol. The second-order valence-corrected chi connectivity index (χ2v) is 5.68. The summed E-state index contributed by atoms with van der Waals surface area (Å²) in [5.74, 6) is 0.752. The Balaban J connectivity index is 1.80. The van der Waals surface area contributed by atoms with Crippen LogP contribution in [0.1, 0.15) is 24.5 Å². The van der Waals surface area contributed by atoms with Crippen molar-refractivity contribution in [2.45, 2.75) is 19.4 Å². The summed E-state index contributed by atoms with van der Waals surface area (Å²) in [6.07, 6.45) is 4.78. The van der Waals surface area contributed by atoms with Crippen LogP contribution in [0, 0.1) is 0 Å². The zero-order valence-corrected chi connectivity index (χ0v) is 13.8. The van der Waals surface area contributed by atoms with Crippen LogP contribution < -0.4 is 4.74 Å². The Hall–Kier alpha value is -2.88. The van der Waals surface area contributed by atoms with Crippen LogP contribution in [0.4, 0.5) is 0 Å². The first-order chi connectivity index (χ1) is 11.7. The number of carbonyl (C=O) groups excluding carboxylic acids is 1. The van der Waals surface area contributed by atoms with Gasteiger partial charge < -0.3 is 4.74 Å². The van der Waals surface area contributed by atoms with Crippen molar-refractivity contribution in [3.63, 3.8) is 0 Å². The SMILES string of the molecule is COc1ccc(C2=NN(C(C)=O)[C@@H](/C=C/c3ccccc3)C2)cc1. The van der Waals surface area contributed by atoms with E-state index in [2.05, 4.69) is 5.10 Å². The maximum atomic E-state index is 11.9. The van der Waals surface area contributed by atoms with Crippen molar-refractivity contribution < 1.29 is 9.53 Å². The lowest BCUT2D eigenvalue weighted by atomic mass is 10.0. The maximum absolute atomic E-state index is 11.9. The van der Waals surface area contributed by atoms with Gasteiger partial charge in [0.1, 0.15) is 5.75 Å². The summed E-state index contributed by atoms with van der Waals surface area (Å²) in [7, 11) is 1.64. The van der Waals surface area contributed by atoms with Gasteiger partial charge in [-0.05, 0) is 35.4 Å². The molecular formula is C20H20N2O2. The fraction of sp³-hybridized carbons (Fsp3) is 0.200. The van der Waals surface area contributed by atoms with Gasteiger partial charge in [0.2, 0.25) is 5.91 Å². The summed E-state index contributed by atoms with van der Waals surface area (Å²) < 4.78 is 5.18. The number of ether oxygens (including phenoxy) is 1. The predicted octanol–water partition coefficient (Wildman–Crippen LogP) is 3.73. The van der Waals surface area contributed by atoms with E-state index >= 15 is 0 Å². The minimum Gasteiger partial charge on any atom is -0.497 e. The van der Waals surface area contributed by atoms with Crippen LogP contribution in [-0.4, -0.2) is 29.8 Å². The highest BCUT2D eigenvalue weighted by Gasteiger charge is 2.28. The number of rotatable bonds is 4. The Morgan fingerprint density at radius 3 is 2.50 bits per heavy atom. The number of amides is 1. The van der Waals surface area contributed by atoms with E-state index in [1.807, 2.05) is 66.7 Å². The average Bonchev–Trinajstić information content (AvgIpc) is 3.05. The molecule has 0 radical (unpaired) electrons. The number of hydrogen-bond donors (Lipinski definition) is 0. The molecular weight excluding hydrogens is 300 g/mol. The molecule has 0 bridgehead atoms. The van der Waals surface area contributed by atoms with Crippen LogP contribution in [0.15, 0.2) is 65.8 Å². The van der Waals surface area contributed by atoms with Crippen molar-refractivity contribution >= 4 is 17.7 Å². The summed E-state index contributed by atoms with van der Waals surface area (Å²) in [5.41, 5.74) is 3.03. The number of hydrogen-bond acceptors (Lipinski definition) is 3. The quantitative estimate of drug-likeness (QED) is 0.861. The highest BCUT2D eigenvalue weighted by molar-refractivity contribution is 6.03. The van der Waals surface area contributed by atoms with Gasteiger partial charge in [0.25, 0.3) is 0 Å². The van der Waals surface area contributed by atoms with Crippen molar-refractivity contribution in [2.24, 2.45) is 5.10 Å². The second-order valence-electron chi connectivity index (χ2n) is 5.68. The van der Waals surface area contributed by atoms with Crippen molar-refractivity contribution in [1.82, 2.24) is 5.01 Å². The number of benzene rings is 2. The van der Waals surface area contributed by atoms with Gasteiger partial charge in [-0.1, -0.05) is 42.5 Å². The molecule has 0 fully saturated rings. The maximum Gasteiger partial charge on any atom is 0.240 e. The standard InChI is InChI=1S/C20H20N2O2/c1-15(23)22-18(11-8-16-6-4-3-5-7-16)14-20(21-22)17-9-12-19(24-2)13-10-17/h3-13,18H,14H2,1-2H3/b11-8+/t18-/m0/s1. The zero-order valence-electron chi connectivity index (χ0n) is 13.8. The minimum absolute atomic E-state index is 0.0544. The molecule has 1 aliphatic rings. The smallest absolute Gasteiger partial charge is 0.240 e. The number of nitrogens with zero attached hydrogens (tertiary/aromatic N) is 2. The lowest BCUT2D eigenvalue weighted by Gasteiger charge is -2.16. The Morgan fingerprint density at radius 1 is 1.17 bits per heavy atom. The zero-order chi connectivity index (χ0) is 16.9. The van der Waals surface area contributed by atoms with Gasteiger partial charge in [-0.2, -0.15) is 5.10 Å². The third kappa shape index (κ3) is 3.54. The van der Waals surface area contributed by atoms with E-state index < -0.39 is 0 Å². The molecule has 4 nitrogen and oxygen atoms in total. The molecule has 0 saturated heterocycles. The molecule has 3 rings (SSSR count). The molecule has 0 saturated carbocycles. The molecule has 24 heavy (non-hydrogen) atoms. The van der Waals surface area contributed by atoms with Gasteiger partial charge in [0, 0.05) is 13.3 Å². The summed E-state index contributed by atoms with van der Waals surface area (Å²) in [6, 6.07) is 17.8. The van der Waals surface area contributed by atoms with E-state index in [0.717, 1.165) is 22.6 Å². The van der Waals surface area contributed by atoms with Gasteiger partial charge in [-0.3, -0.25) is 4.79 Å². The van der Waals surface area contributed by atoms with E-state index in [0.29, 0.717) is 6.42 Å². The van der Waals surface area contributed by atoms with Crippen LogP contribution in [0.5, 0.6) is 5.75 Å². The van der Waals surface area contributed by atoms with E-state index in [1.54, 1.807) is 19.0 Å². The molecule has 0 unspecified atom stereocenters. The molecule has 122 valence electrons. The largest absolute Gasteiger partial charge is 0.497 e. The van der Waals surface area contributed by atoms with E-state index in [1.165, 1.54) is 0 Å². The number of methoxy groups -OCH3 is 1. The summed E-state index contributed by atoms with van der Waals surface area (Å²) in [5, 5.41) is 6.07. The topological polar surface area (TPSA) is 41.9 Å². The van der Waals surface area contributed by atoms with E-state index in [9.17, 15) is 4.79 Å². The number of carbonyl (C=O) groups is 1. The van der Waals surface area contributed by atoms with Crippen LogP contribution >= 0.6 is 0 Å². The van der Waals surface area contributed by atoms with Crippen LogP contribution in [0.2, 0.25) is 0 Å². The molecule has 1 aliphatic heterocycles. The summed E-state index contributed by atoms with van der Waals surface area (Å²) in [6.45, 7) is 1.55. The highest BCUT2D eigenvalue weighted by Crippen LogP contribution is 2.23. The highest BCUT2D eigenvalue weighted by atomic mass is 16.5. The summed E-state index contributed by atoms with van der Waals surface area (Å²) in [4.78, 5) is 11.9.